The number of nitrogens with zero attached hydrogens (tertiary/aromatic N) is 3. The molecule has 6 heteroatoms. The molecule has 0 saturated carbocycles. The lowest BCUT2D eigenvalue weighted by Crippen LogP contribution is -2.43. The highest BCUT2D eigenvalue weighted by Gasteiger charge is 2.21. The number of methoxy groups -OCH3 is 1. The van der Waals surface area contributed by atoms with Gasteiger partial charge in [0.25, 0.3) is 0 Å². The Morgan fingerprint density at radius 1 is 1.25 bits per heavy atom. The zero-order valence-electron chi connectivity index (χ0n) is 16.5. The van der Waals surface area contributed by atoms with E-state index in [1.165, 1.54) is 22.0 Å². The lowest BCUT2D eigenvalue weighted by Gasteiger charge is -2.27. The number of rotatable bonds is 5. The number of hydrogen-bond donors (Lipinski definition) is 2. The Hall–Kier alpha value is -2.86. The molecule has 1 aromatic carbocycles. The molecular weight excluding hydrogens is 350 g/mol. The van der Waals surface area contributed by atoms with Crippen molar-refractivity contribution in [1.82, 2.24) is 24.9 Å². The van der Waals surface area contributed by atoms with Crippen molar-refractivity contribution < 1.29 is 4.74 Å². The highest BCUT2D eigenvalue weighted by atomic mass is 16.5. The molecule has 28 heavy (non-hydrogen) atoms. The summed E-state index contributed by atoms with van der Waals surface area (Å²) in [6, 6.07) is 8.89. The van der Waals surface area contributed by atoms with Gasteiger partial charge < -0.3 is 15.0 Å². The number of aromatic amines is 1. The minimum atomic E-state index is 0.391. The Morgan fingerprint density at radius 2 is 2.11 bits per heavy atom. The molecule has 4 heterocycles. The molecule has 1 fully saturated rings. The zero-order chi connectivity index (χ0) is 19.3. The van der Waals surface area contributed by atoms with Gasteiger partial charge >= 0.3 is 0 Å². The van der Waals surface area contributed by atoms with Crippen LogP contribution in [0.1, 0.15) is 30.9 Å². The van der Waals surface area contributed by atoms with E-state index in [1.54, 1.807) is 18.0 Å². The molecule has 4 aromatic rings. The van der Waals surface area contributed by atoms with Gasteiger partial charge in [-0.3, -0.25) is 0 Å². The molecule has 1 aliphatic rings. The van der Waals surface area contributed by atoms with E-state index in [-0.39, 0.29) is 0 Å². The first kappa shape index (κ1) is 17.3. The standard InChI is InChI=1S/C22H25N5O/c1-13(2)20-17-7-14(6-15-9-23-10-15)4-5-18(17)26-21(20)16-8-19(28-3)22-24-12-25-27(22)11-16/h4-5,7-8,11-13,15,23,26H,6,9-10H2,1-3H3. The SMILES string of the molecule is COc1cc(-c2[nH]c3ccc(CC4CNC4)cc3c2C(C)C)cn2ncnc12. The van der Waals surface area contributed by atoms with Gasteiger partial charge in [0.1, 0.15) is 6.33 Å². The van der Waals surface area contributed by atoms with Gasteiger partial charge in [-0.1, -0.05) is 19.9 Å². The van der Waals surface area contributed by atoms with Crippen LogP contribution in [0.5, 0.6) is 5.75 Å². The fourth-order valence-electron chi connectivity index (χ4n) is 4.22. The van der Waals surface area contributed by atoms with Crippen LogP contribution in [0.25, 0.3) is 27.8 Å². The minimum Gasteiger partial charge on any atom is -0.493 e. The Kier molecular flexibility index (Phi) is 4.09. The van der Waals surface area contributed by atoms with Crippen molar-refractivity contribution >= 4 is 16.6 Å². The van der Waals surface area contributed by atoms with Crippen LogP contribution in [0.15, 0.2) is 36.8 Å². The second-order valence-electron chi connectivity index (χ2n) is 8.00. The lowest BCUT2D eigenvalue weighted by molar-refractivity contribution is 0.346. The Labute approximate surface area is 163 Å². The summed E-state index contributed by atoms with van der Waals surface area (Å²) in [6.07, 6.45) is 4.71. The van der Waals surface area contributed by atoms with Crippen LogP contribution in [-0.2, 0) is 6.42 Å². The maximum Gasteiger partial charge on any atom is 0.197 e. The first-order valence-electron chi connectivity index (χ1n) is 9.87. The Morgan fingerprint density at radius 3 is 2.82 bits per heavy atom. The molecule has 0 unspecified atom stereocenters. The molecule has 0 spiro atoms. The van der Waals surface area contributed by atoms with Gasteiger partial charge in [0.15, 0.2) is 11.4 Å². The van der Waals surface area contributed by atoms with Crippen molar-refractivity contribution in [3.8, 4) is 17.0 Å². The predicted octanol–water partition coefficient (Wildman–Crippen LogP) is 3.77. The summed E-state index contributed by atoms with van der Waals surface area (Å²) in [6.45, 7) is 6.76. The number of aromatic nitrogens is 4. The van der Waals surface area contributed by atoms with Gasteiger partial charge in [0.2, 0.25) is 0 Å². The second-order valence-corrected chi connectivity index (χ2v) is 8.00. The maximum absolute atomic E-state index is 5.56. The topological polar surface area (TPSA) is 67.2 Å². The number of ether oxygens (including phenoxy) is 1. The summed E-state index contributed by atoms with van der Waals surface area (Å²) >= 11 is 0. The fourth-order valence-corrected chi connectivity index (χ4v) is 4.22. The molecule has 1 aliphatic heterocycles. The van der Waals surface area contributed by atoms with E-state index in [4.69, 9.17) is 4.74 Å². The molecule has 6 nitrogen and oxygen atoms in total. The van der Waals surface area contributed by atoms with Crippen molar-refractivity contribution in [1.29, 1.82) is 0 Å². The van der Waals surface area contributed by atoms with Gasteiger partial charge in [-0.25, -0.2) is 9.50 Å². The summed E-state index contributed by atoms with van der Waals surface area (Å²) in [7, 11) is 1.67. The highest BCUT2D eigenvalue weighted by Crippen LogP contribution is 2.37. The number of hydrogen-bond acceptors (Lipinski definition) is 4. The van der Waals surface area contributed by atoms with E-state index >= 15 is 0 Å². The van der Waals surface area contributed by atoms with E-state index in [0.29, 0.717) is 5.92 Å². The quantitative estimate of drug-likeness (QED) is 0.557. The summed E-state index contributed by atoms with van der Waals surface area (Å²) in [5.41, 5.74) is 6.83. The lowest BCUT2D eigenvalue weighted by atomic mass is 9.91. The minimum absolute atomic E-state index is 0.391. The van der Waals surface area contributed by atoms with Crippen molar-refractivity contribution in [2.24, 2.45) is 5.92 Å². The molecule has 0 aliphatic carbocycles. The summed E-state index contributed by atoms with van der Waals surface area (Å²) in [5.74, 6) is 1.88. The molecule has 3 aromatic heterocycles. The first-order valence-corrected chi connectivity index (χ1v) is 9.87. The third-order valence-corrected chi connectivity index (χ3v) is 5.72. The Bertz CT molecular complexity index is 1150. The van der Waals surface area contributed by atoms with Gasteiger partial charge in [-0.05, 0) is 60.7 Å². The maximum atomic E-state index is 5.56. The number of H-pyrrole nitrogens is 1. The number of pyridine rings is 1. The average Bonchev–Trinajstić information content (AvgIpc) is 3.27. The summed E-state index contributed by atoms with van der Waals surface area (Å²) in [4.78, 5) is 7.94. The molecular formula is C22H25N5O. The number of benzene rings is 1. The van der Waals surface area contributed by atoms with Crippen LogP contribution < -0.4 is 10.1 Å². The molecule has 5 rings (SSSR count). The molecule has 2 N–H and O–H groups in total. The van der Waals surface area contributed by atoms with E-state index in [2.05, 4.69) is 52.4 Å². The van der Waals surface area contributed by atoms with Crippen LogP contribution in [0.3, 0.4) is 0 Å². The van der Waals surface area contributed by atoms with Crippen LogP contribution in [0, 0.1) is 5.92 Å². The zero-order valence-corrected chi connectivity index (χ0v) is 16.5. The first-order chi connectivity index (χ1) is 13.6. The van der Waals surface area contributed by atoms with Crippen molar-refractivity contribution in [3.05, 3.63) is 47.9 Å². The third kappa shape index (κ3) is 2.76. The number of nitrogens with one attached hydrogen (secondary N) is 2. The van der Waals surface area contributed by atoms with Gasteiger partial charge in [-0.15, -0.1) is 0 Å². The number of fused-ring (bicyclic) bond motifs is 2. The van der Waals surface area contributed by atoms with Gasteiger partial charge in [0, 0.05) is 22.7 Å². The monoisotopic (exact) mass is 375 g/mol. The highest BCUT2D eigenvalue weighted by molar-refractivity contribution is 5.92. The van der Waals surface area contributed by atoms with Crippen molar-refractivity contribution in [2.45, 2.75) is 26.2 Å². The van der Waals surface area contributed by atoms with Crippen LogP contribution in [0.4, 0.5) is 0 Å². The van der Waals surface area contributed by atoms with Crippen molar-refractivity contribution in [3.63, 3.8) is 0 Å². The van der Waals surface area contributed by atoms with Crippen LogP contribution in [-0.4, -0.2) is 39.8 Å². The molecule has 0 bridgehead atoms. The van der Waals surface area contributed by atoms with Gasteiger partial charge in [0.05, 0.1) is 12.8 Å². The predicted molar refractivity (Wildman–Crippen MR) is 111 cm³/mol. The molecule has 0 atom stereocenters. The second kappa shape index (κ2) is 6.63. The van der Waals surface area contributed by atoms with Gasteiger partial charge in [-0.2, -0.15) is 5.10 Å². The average molecular weight is 375 g/mol. The molecule has 1 saturated heterocycles. The summed E-state index contributed by atoms with van der Waals surface area (Å²) in [5, 5.41) is 8.99. The van der Waals surface area contributed by atoms with E-state index in [0.717, 1.165) is 48.1 Å². The van der Waals surface area contributed by atoms with Crippen LogP contribution >= 0.6 is 0 Å². The normalized spacial score (nSPS) is 14.9. The largest absolute Gasteiger partial charge is 0.493 e. The smallest absolute Gasteiger partial charge is 0.197 e. The summed E-state index contributed by atoms with van der Waals surface area (Å²) < 4.78 is 7.34. The third-order valence-electron chi connectivity index (χ3n) is 5.72. The van der Waals surface area contributed by atoms with E-state index < -0.39 is 0 Å². The fraction of sp³-hybridized carbons (Fsp3) is 0.364. The van der Waals surface area contributed by atoms with E-state index in [1.807, 2.05) is 12.3 Å². The molecule has 0 amide bonds. The Balaban J connectivity index is 1.67. The van der Waals surface area contributed by atoms with Crippen molar-refractivity contribution in [2.75, 3.05) is 20.2 Å². The molecule has 0 radical (unpaired) electrons. The van der Waals surface area contributed by atoms with E-state index in [9.17, 15) is 0 Å². The molecule has 144 valence electrons. The van der Waals surface area contributed by atoms with Crippen LogP contribution in [0.2, 0.25) is 0 Å².